The first-order chi connectivity index (χ1) is 15.9. The largest absolute Gasteiger partial charge is 0.365 e. The summed E-state index contributed by atoms with van der Waals surface area (Å²) in [6.45, 7) is 6.10. The summed E-state index contributed by atoms with van der Waals surface area (Å²) in [4.78, 5) is 11.3. The molecule has 1 aliphatic heterocycles. The van der Waals surface area contributed by atoms with Crippen molar-refractivity contribution >= 4 is 18.1 Å². The average molecular weight is 451 g/mol. The van der Waals surface area contributed by atoms with E-state index in [1.54, 1.807) is 6.92 Å². The van der Waals surface area contributed by atoms with Crippen LogP contribution in [0.25, 0.3) is 12.3 Å². The van der Waals surface area contributed by atoms with Gasteiger partial charge in [0.1, 0.15) is 17.5 Å². The second-order valence-corrected chi connectivity index (χ2v) is 8.79. The van der Waals surface area contributed by atoms with Crippen molar-refractivity contribution in [2.75, 3.05) is 5.32 Å². The number of nitrogens with one attached hydrogen (secondary N) is 1. The fourth-order valence-electron chi connectivity index (χ4n) is 4.81. The lowest BCUT2D eigenvalue weighted by atomic mass is 9.88. The summed E-state index contributed by atoms with van der Waals surface area (Å²) >= 11 is 0. The number of aromatic nitrogens is 2. The second kappa shape index (κ2) is 8.21. The van der Waals surface area contributed by atoms with E-state index in [9.17, 15) is 13.2 Å². The highest BCUT2D eigenvalue weighted by molar-refractivity contribution is 5.58. The van der Waals surface area contributed by atoms with Gasteiger partial charge in [0.25, 0.3) is 6.43 Å². The predicted octanol–water partition coefficient (Wildman–Crippen LogP) is 4.49. The third-order valence-corrected chi connectivity index (χ3v) is 6.66. The van der Waals surface area contributed by atoms with Crippen LogP contribution < -0.4 is 15.9 Å². The van der Waals surface area contributed by atoms with Crippen molar-refractivity contribution in [2.24, 2.45) is 5.92 Å². The molecule has 1 N–H and O–H groups in total. The molecule has 0 bridgehead atoms. The van der Waals surface area contributed by atoms with Gasteiger partial charge in [-0.05, 0) is 32.3 Å². The van der Waals surface area contributed by atoms with Crippen LogP contribution in [0, 0.1) is 18.7 Å². The highest BCUT2D eigenvalue weighted by atomic mass is 19.3. The van der Waals surface area contributed by atoms with Crippen LogP contribution in [0.5, 0.6) is 0 Å². The van der Waals surface area contributed by atoms with Crippen LogP contribution in [0.3, 0.4) is 0 Å². The minimum atomic E-state index is -2.86. The van der Waals surface area contributed by atoms with Crippen molar-refractivity contribution in [3.05, 3.63) is 88.1 Å². The second-order valence-electron chi connectivity index (χ2n) is 8.79. The molecule has 0 radical (unpaired) electrons. The predicted molar refractivity (Wildman–Crippen MR) is 123 cm³/mol. The monoisotopic (exact) mass is 450 g/mol. The molecule has 1 saturated carbocycles. The number of hydrogen-bond donors (Lipinski definition) is 1. The number of hydrogen-bond acceptors (Lipinski definition) is 4. The molecular formula is C26H25F3N4. The zero-order valence-corrected chi connectivity index (χ0v) is 18.4. The molecule has 0 saturated heterocycles. The van der Waals surface area contributed by atoms with E-state index in [-0.39, 0.29) is 17.6 Å². The minimum absolute atomic E-state index is 0.0214. The van der Waals surface area contributed by atoms with Crippen molar-refractivity contribution < 1.29 is 13.2 Å². The van der Waals surface area contributed by atoms with Gasteiger partial charge in [0, 0.05) is 29.9 Å². The molecule has 170 valence electrons. The number of aryl methyl sites for hydroxylation is 1. The van der Waals surface area contributed by atoms with Crippen molar-refractivity contribution in [3.63, 3.8) is 0 Å². The molecule has 1 aromatic heterocycles. The number of alkyl halides is 2. The zero-order valence-electron chi connectivity index (χ0n) is 18.4. The van der Waals surface area contributed by atoms with E-state index in [1.807, 2.05) is 12.3 Å². The molecule has 5 rings (SSSR count). The molecule has 0 amide bonds. The van der Waals surface area contributed by atoms with Gasteiger partial charge in [-0.2, -0.15) is 0 Å². The Balaban J connectivity index is 1.50. The van der Waals surface area contributed by atoms with Gasteiger partial charge in [-0.15, -0.1) is 0 Å². The number of allylic oxidation sites excluding steroid dienone is 4. The van der Waals surface area contributed by atoms with Gasteiger partial charge < -0.3 is 10.2 Å². The maximum atomic E-state index is 14.5. The Morgan fingerprint density at radius 2 is 2.06 bits per heavy atom. The van der Waals surface area contributed by atoms with Crippen LogP contribution >= 0.6 is 0 Å². The van der Waals surface area contributed by atoms with Gasteiger partial charge >= 0.3 is 0 Å². The Labute approximate surface area is 190 Å². The molecular weight excluding hydrogens is 425 g/mol. The molecule has 2 aliphatic carbocycles. The Morgan fingerprint density at radius 1 is 1.24 bits per heavy atom. The van der Waals surface area contributed by atoms with E-state index in [4.69, 9.17) is 0 Å². The van der Waals surface area contributed by atoms with Crippen LogP contribution in [-0.4, -0.2) is 20.4 Å². The van der Waals surface area contributed by atoms with Crippen LogP contribution in [0.1, 0.15) is 42.6 Å². The molecule has 1 fully saturated rings. The molecule has 1 unspecified atom stereocenters. The Kier molecular flexibility index (Phi) is 5.35. The van der Waals surface area contributed by atoms with Gasteiger partial charge in [0.15, 0.2) is 0 Å². The topological polar surface area (TPSA) is 41.1 Å². The lowest BCUT2D eigenvalue weighted by Gasteiger charge is -2.37. The van der Waals surface area contributed by atoms with E-state index in [2.05, 4.69) is 51.1 Å². The third-order valence-electron chi connectivity index (χ3n) is 6.66. The Morgan fingerprint density at radius 3 is 2.76 bits per heavy atom. The molecule has 0 spiro atoms. The van der Waals surface area contributed by atoms with Crippen molar-refractivity contribution in [3.8, 4) is 0 Å². The smallest absolute Gasteiger partial charge is 0.266 e. The highest BCUT2D eigenvalue weighted by Crippen LogP contribution is 2.52. The average Bonchev–Trinajstić information content (AvgIpc) is 3.60. The van der Waals surface area contributed by atoms with Crippen LogP contribution in [0.2, 0.25) is 0 Å². The standard InChI is InChI=1S/C26H25F3N4/c1-16-13-22-21(15-33(16)26(11-12-26)19-8-4-3-5-9-19)25(32-17(2)31-22)30-14-18-7-6-10-20(23(18)27)24(28)29/h3-8,10,13,15,19,24H,1,9,11-12,14H2,2H3,(H,30,31,32). The van der Waals surface area contributed by atoms with Crippen LogP contribution in [0.15, 0.2) is 54.8 Å². The van der Waals surface area contributed by atoms with E-state index in [0.29, 0.717) is 17.6 Å². The molecule has 4 nitrogen and oxygen atoms in total. The van der Waals surface area contributed by atoms with Gasteiger partial charge in [-0.1, -0.05) is 49.1 Å². The van der Waals surface area contributed by atoms with E-state index in [1.165, 1.54) is 12.1 Å². The summed E-state index contributed by atoms with van der Waals surface area (Å²) in [5.41, 5.74) is 0.425. The van der Waals surface area contributed by atoms with Crippen LogP contribution in [-0.2, 0) is 6.54 Å². The first-order valence-electron chi connectivity index (χ1n) is 11.1. The number of halogens is 3. The molecule has 3 aliphatic rings. The SMILES string of the molecule is C=C1C=c2nc(C)nc(NCc3cccc(C(F)F)c3F)c2=CN1C1(C2C=CC=CC2)CC1. The Hall–Kier alpha value is -3.35. The summed E-state index contributed by atoms with van der Waals surface area (Å²) in [5.74, 6) is 0.604. The first kappa shape index (κ1) is 21.5. The number of nitrogens with zero attached hydrogens (tertiary/aromatic N) is 3. The summed E-state index contributed by atoms with van der Waals surface area (Å²) in [5, 5.41) is 4.69. The molecule has 7 heteroatoms. The van der Waals surface area contributed by atoms with Gasteiger partial charge in [-0.25, -0.2) is 23.1 Å². The molecule has 2 aromatic rings. The maximum absolute atomic E-state index is 14.5. The van der Waals surface area contributed by atoms with E-state index >= 15 is 0 Å². The summed E-state index contributed by atoms with van der Waals surface area (Å²) in [7, 11) is 0. The normalized spacial score (nSPS) is 20.3. The number of benzene rings is 1. The first-order valence-corrected chi connectivity index (χ1v) is 11.1. The van der Waals surface area contributed by atoms with Gasteiger partial charge in [0.05, 0.1) is 21.7 Å². The lowest BCUT2D eigenvalue weighted by Crippen LogP contribution is -2.46. The molecule has 2 heterocycles. The maximum Gasteiger partial charge on any atom is 0.266 e. The minimum Gasteiger partial charge on any atom is -0.365 e. The van der Waals surface area contributed by atoms with Crippen molar-refractivity contribution in [1.82, 2.24) is 14.9 Å². The molecule has 1 atom stereocenters. The van der Waals surface area contributed by atoms with E-state index < -0.39 is 17.8 Å². The quantitative estimate of drug-likeness (QED) is 0.704. The fraction of sp³-hybridized carbons (Fsp3) is 0.308. The number of anilines is 1. The number of rotatable bonds is 6. The highest BCUT2D eigenvalue weighted by Gasteiger charge is 2.52. The number of fused-ring (bicyclic) bond motifs is 1. The third kappa shape index (κ3) is 3.86. The summed E-state index contributed by atoms with van der Waals surface area (Å²) in [6.07, 6.45) is 12.9. The zero-order chi connectivity index (χ0) is 23.2. The van der Waals surface area contributed by atoms with E-state index in [0.717, 1.165) is 41.6 Å². The summed E-state index contributed by atoms with van der Waals surface area (Å²) in [6, 6.07) is 4.05. The van der Waals surface area contributed by atoms with Gasteiger partial charge in [0.2, 0.25) is 0 Å². The lowest BCUT2D eigenvalue weighted by molar-refractivity contribution is 0.146. The molecule has 1 aromatic carbocycles. The van der Waals surface area contributed by atoms with Gasteiger partial charge in [-0.3, -0.25) is 0 Å². The van der Waals surface area contributed by atoms with Crippen LogP contribution in [0.4, 0.5) is 19.0 Å². The Bertz CT molecular complexity index is 1290. The van der Waals surface area contributed by atoms with Crippen molar-refractivity contribution in [2.45, 2.75) is 44.7 Å². The summed E-state index contributed by atoms with van der Waals surface area (Å²) < 4.78 is 40.7. The van der Waals surface area contributed by atoms with Crippen molar-refractivity contribution in [1.29, 1.82) is 0 Å². The molecule has 33 heavy (non-hydrogen) atoms. The fourth-order valence-corrected chi connectivity index (χ4v) is 4.81.